The van der Waals surface area contributed by atoms with Crippen LogP contribution in [0.25, 0.3) is 6.08 Å². The fraction of sp³-hybridized carbons (Fsp3) is 0.526. The molecule has 0 saturated heterocycles. The Bertz CT molecular complexity index is 617. The summed E-state index contributed by atoms with van der Waals surface area (Å²) in [5.74, 6) is 1.43. The Morgan fingerprint density at radius 2 is 1.56 bits per heavy atom. The van der Waals surface area contributed by atoms with Crippen molar-refractivity contribution in [2.75, 3.05) is 28.4 Å². The summed E-state index contributed by atoms with van der Waals surface area (Å²) in [7, 11) is 6.11. The van der Waals surface area contributed by atoms with E-state index in [2.05, 4.69) is 0 Å². The van der Waals surface area contributed by atoms with Gasteiger partial charge in [-0.05, 0) is 37.8 Å². The number of esters is 1. The Morgan fingerprint density at radius 1 is 0.920 bits per heavy atom. The van der Waals surface area contributed by atoms with E-state index in [1.54, 1.807) is 12.1 Å². The second kappa shape index (κ2) is 9.20. The largest absolute Gasteiger partial charge is 0.493 e. The lowest BCUT2D eigenvalue weighted by Crippen LogP contribution is -2.19. The van der Waals surface area contributed by atoms with Crippen molar-refractivity contribution < 1.29 is 28.5 Å². The van der Waals surface area contributed by atoms with Gasteiger partial charge >= 0.3 is 5.97 Å². The molecule has 0 spiro atoms. The van der Waals surface area contributed by atoms with E-state index >= 15 is 0 Å². The molecule has 1 aromatic carbocycles. The molecule has 0 bridgehead atoms. The Kier molecular flexibility index (Phi) is 6.98. The van der Waals surface area contributed by atoms with Crippen LogP contribution in [-0.2, 0) is 9.53 Å². The highest BCUT2D eigenvalue weighted by Gasteiger charge is 2.21. The van der Waals surface area contributed by atoms with Gasteiger partial charge in [-0.2, -0.15) is 0 Å². The molecule has 1 aliphatic carbocycles. The summed E-state index contributed by atoms with van der Waals surface area (Å²) in [5, 5.41) is 0. The molecule has 0 N–H and O–H groups in total. The van der Waals surface area contributed by atoms with Crippen LogP contribution < -0.4 is 18.9 Å². The number of carbonyl (C=O) groups is 1. The van der Waals surface area contributed by atoms with Crippen molar-refractivity contribution in [1.29, 1.82) is 0 Å². The normalized spacial score (nSPS) is 15.0. The van der Waals surface area contributed by atoms with Gasteiger partial charge in [0.15, 0.2) is 11.5 Å². The second-order valence-corrected chi connectivity index (χ2v) is 5.80. The molecule has 6 nitrogen and oxygen atoms in total. The molecule has 1 fully saturated rings. The van der Waals surface area contributed by atoms with E-state index in [-0.39, 0.29) is 12.1 Å². The van der Waals surface area contributed by atoms with Crippen molar-refractivity contribution in [3.8, 4) is 23.0 Å². The van der Waals surface area contributed by atoms with E-state index in [0.29, 0.717) is 28.6 Å². The highest BCUT2D eigenvalue weighted by Crippen LogP contribution is 2.46. The van der Waals surface area contributed by atoms with Crippen molar-refractivity contribution in [3.63, 3.8) is 0 Å². The number of benzene rings is 1. The SMILES string of the molecule is COc1cc(C=CC(=O)OC2CCCCC2)c(OC)c(OC)c1OC. The summed E-state index contributed by atoms with van der Waals surface area (Å²) < 4.78 is 27.0. The minimum absolute atomic E-state index is 0.0211. The molecule has 0 atom stereocenters. The lowest BCUT2D eigenvalue weighted by molar-refractivity contribution is -0.144. The topological polar surface area (TPSA) is 63.2 Å². The Hall–Kier alpha value is -2.37. The molecule has 0 unspecified atom stereocenters. The van der Waals surface area contributed by atoms with Crippen molar-refractivity contribution in [2.45, 2.75) is 38.2 Å². The third-order valence-corrected chi connectivity index (χ3v) is 4.25. The molecule has 138 valence electrons. The van der Waals surface area contributed by atoms with Crippen molar-refractivity contribution in [1.82, 2.24) is 0 Å². The summed E-state index contributed by atoms with van der Waals surface area (Å²) in [6.07, 6.45) is 8.37. The molecule has 1 aromatic rings. The third-order valence-electron chi connectivity index (χ3n) is 4.25. The van der Waals surface area contributed by atoms with Gasteiger partial charge in [-0.1, -0.05) is 6.42 Å². The molecule has 0 heterocycles. The quantitative estimate of drug-likeness (QED) is 0.553. The molecule has 1 aliphatic rings. The molecule has 0 radical (unpaired) electrons. The fourth-order valence-corrected chi connectivity index (χ4v) is 3.03. The van der Waals surface area contributed by atoms with Crippen LogP contribution in [0.4, 0.5) is 0 Å². The predicted octanol–water partition coefficient (Wildman–Crippen LogP) is 3.61. The standard InChI is InChI=1S/C19H26O6/c1-21-15-12-13(17(22-2)19(24-4)18(15)23-3)10-11-16(20)25-14-8-6-5-7-9-14/h10-12,14H,5-9H2,1-4H3. The van der Waals surface area contributed by atoms with Crippen LogP contribution in [0.3, 0.4) is 0 Å². The zero-order valence-electron chi connectivity index (χ0n) is 15.3. The van der Waals surface area contributed by atoms with Crippen molar-refractivity contribution >= 4 is 12.0 Å². The summed E-state index contributed by atoms with van der Waals surface area (Å²) >= 11 is 0. The van der Waals surface area contributed by atoms with Crippen molar-refractivity contribution in [2.24, 2.45) is 0 Å². The maximum absolute atomic E-state index is 12.1. The van der Waals surface area contributed by atoms with Gasteiger partial charge in [-0.15, -0.1) is 0 Å². The first-order valence-corrected chi connectivity index (χ1v) is 8.40. The van der Waals surface area contributed by atoms with E-state index in [0.717, 1.165) is 25.7 Å². The molecule has 0 aromatic heterocycles. The van der Waals surface area contributed by atoms with Gasteiger partial charge in [-0.3, -0.25) is 0 Å². The zero-order valence-corrected chi connectivity index (χ0v) is 15.3. The van der Waals surface area contributed by atoms with E-state index in [4.69, 9.17) is 23.7 Å². The second-order valence-electron chi connectivity index (χ2n) is 5.80. The van der Waals surface area contributed by atoms with Crippen LogP contribution >= 0.6 is 0 Å². The highest BCUT2D eigenvalue weighted by atomic mass is 16.5. The summed E-state index contributed by atoms with van der Waals surface area (Å²) in [4.78, 5) is 12.1. The monoisotopic (exact) mass is 350 g/mol. The van der Waals surface area contributed by atoms with Crippen LogP contribution in [0.5, 0.6) is 23.0 Å². The van der Waals surface area contributed by atoms with Gasteiger partial charge in [0.2, 0.25) is 11.5 Å². The van der Waals surface area contributed by atoms with E-state index in [1.807, 2.05) is 0 Å². The average Bonchev–Trinajstić information content (AvgIpc) is 2.65. The smallest absolute Gasteiger partial charge is 0.331 e. The third kappa shape index (κ3) is 4.59. The number of hydrogen-bond donors (Lipinski definition) is 0. The van der Waals surface area contributed by atoms with E-state index in [9.17, 15) is 4.79 Å². The molecule has 2 rings (SSSR count). The number of methoxy groups -OCH3 is 4. The van der Waals surface area contributed by atoms with Crippen LogP contribution in [0.15, 0.2) is 12.1 Å². The summed E-state index contributed by atoms with van der Waals surface area (Å²) in [5.41, 5.74) is 0.637. The lowest BCUT2D eigenvalue weighted by Gasteiger charge is -2.21. The summed E-state index contributed by atoms with van der Waals surface area (Å²) in [6, 6.07) is 1.73. The Morgan fingerprint density at radius 3 is 2.12 bits per heavy atom. The molecule has 0 aliphatic heterocycles. The Balaban J connectivity index is 2.23. The maximum atomic E-state index is 12.1. The number of carbonyl (C=O) groups excluding carboxylic acids is 1. The first-order valence-electron chi connectivity index (χ1n) is 8.40. The van der Waals surface area contributed by atoms with Gasteiger partial charge in [0.05, 0.1) is 28.4 Å². The zero-order chi connectivity index (χ0) is 18.2. The van der Waals surface area contributed by atoms with E-state index in [1.165, 1.54) is 40.9 Å². The van der Waals surface area contributed by atoms with Gasteiger partial charge in [0, 0.05) is 11.6 Å². The van der Waals surface area contributed by atoms with E-state index < -0.39 is 0 Å². The van der Waals surface area contributed by atoms with Crippen molar-refractivity contribution in [3.05, 3.63) is 17.7 Å². The van der Waals surface area contributed by atoms with Gasteiger partial charge < -0.3 is 23.7 Å². The van der Waals surface area contributed by atoms with Gasteiger partial charge in [0.25, 0.3) is 0 Å². The van der Waals surface area contributed by atoms with Crippen LogP contribution in [-0.4, -0.2) is 40.5 Å². The molecule has 25 heavy (non-hydrogen) atoms. The molecule has 6 heteroatoms. The van der Waals surface area contributed by atoms with Crippen LogP contribution in [0.1, 0.15) is 37.7 Å². The molecule has 0 amide bonds. The fourth-order valence-electron chi connectivity index (χ4n) is 3.03. The Labute approximate surface area is 148 Å². The highest BCUT2D eigenvalue weighted by molar-refractivity contribution is 5.88. The first kappa shape index (κ1) is 19.0. The van der Waals surface area contributed by atoms with Gasteiger partial charge in [-0.25, -0.2) is 4.79 Å². The maximum Gasteiger partial charge on any atom is 0.331 e. The van der Waals surface area contributed by atoms with Crippen LogP contribution in [0, 0.1) is 0 Å². The van der Waals surface area contributed by atoms with Gasteiger partial charge in [0.1, 0.15) is 6.10 Å². The minimum Gasteiger partial charge on any atom is -0.493 e. The number of ether oxygens (including phenoxy) is 5. The molecular weight excluding hydrogens is 324 g/mol. The first-order chi connectivity index (χ1) is 12.1. The lowest BCUT2D eigenvalue weighted by atomic mass is 9.98. The molecule has 1 saturated carbocycles. The average molecular weight is 350 g/mol. The molecular formula is C19H26O6. The predicted molar refractivity (Wildman–Crippen MR) is 94.6 cm³/mol. The minimum atomic E-state index is -0.359. The van der Waals surface area contributed by atoms with Crippen LogP contribution in [0.2, 0.25) is 0 Å². The number of rotatable bonds is 7. The summed E-state index contributed by atoms with van der Waals surface area (Å²) in [6.45, 7) is 0. The number of hydrogen-bond acceptors (Lipinski definition) is 6.